The van der Waals surface area contributed by atoms with Gasteiger partial charge in [0, 0.05) is 5.71 Å². The fourth-order valence-electron chi connectivity index (χ4n) is 9.16. The average molecular weight is 595 g/mol. The molecule has 2 aromatic carbocycles. The molecule has 0 nitrogen and oxygen atoms in total. The Balaban J connectivity index is 0.000000433. The summed E-state index contributed by atoms with van der Waals surface area (Å²) >= 11 is 0. The van der Waals surface area contributed by atoms with Crippen LogP contribution in [0.5, 0.6) is 0 Å². The Kier molecular flexibility index (Phi) is 11.7. The number of benzene rings is 2. The lowest BCUT2D eigenvalue weighted by atomic mass is 9.68. The largest absolute Gasteiger partial charge is 0.204 e. The van der Waals surface area contributed by atoms with Crippen LogP contribution in [-0.2, 0) is 0 Å². The highest BCUT2D eigenvalue weighted by Gasteiger charge is 2.32. The number of rotatable bonds is 6. The highest BCUT2D eigenvalue weighted by molar-refractivity contribution is 5.25. The molecule has 0 radical (unpaired) electrons. The van der Waals surface area contributed by atoms with Gasteiger partial charge in [-0.25, -0.2) is 8.78 Å². The predicted octanol–water partition coefficient (Wildman–Crippen LogP) is 13.5. The first-order chi connectivity index (χ1) is 20.9. The molecular weight excluding hydrogens is 530 g/mol. The van der Waals surface area contributed by atoms with Crippen LogP contribution in [0.1, 0.15) is 137 Å². The lowest BCUT2D eigenvalue weighted by molar-refractivity contribution is 0.171. The van der Waals surface area contributed by atoms with Gasteiger partial charge >= 0.3 is 0 Å². The molecule has 2 aromatic rings. The van der Waals surface area contributed by atoms with Crippen LogP contribution in [0.25, 0.3) is 0 Å². The number of halogens is 2. The smallest absolute Gasteiger partial charge is 0.159 e. The van der Waals surface area contributed by atoms with Crippen LogP contribution >= 0.6 is 0 Å². The summed E-state index contributed by atoms with van der Waals surface area (Å²) in [5.41, 5.74) is 3.94. The van der Waals surface area contributed by atoms with Gasteiger partial charge in [0.15, 0.2) is 11.6 Å². The third kappa shape index (κ3) is 8.70. The fourth-order valence-corrected chi connectivity index (χ4v) is 9.16. The molecular formula is C41H64F2. The van der Waals surface area contributed by atoms with Gasteiger partial charge in [0.25, 0.3) is 0 Å². The van der Waals surface area contributed by atoms with Gasteiger partial charge in [-0.3, -0.25) is 0 Å². The van der Waals surface area contributed by atoms with Crippen molar-refractivity contribution in [2.75, 3.05) is 0 Å². The van der Waals surface area contributed by atoms with E-state index in [0.717, 1.165) is 59.8 Å². The minimum absolute atomic E-state index is 0. The van der Waals surface area contributed by atoms with Crippen molar-refractivity contribution in [1.29, 1.82) is 0 Å². The van der Waals surface area contributed by atoms with E-state index in [0.29, 0.717) is 5.92 Å². The van der Waals surface area contributed by atoms with Crippen molar-refractivity contribution < 1.29 is 14.5 Å². The standard InChI is InChI=1S/C21H30.C20H26F2.4H2/c1-3-17-6-10-19(11-7-17)21-14-12-20(13-15-21)18-8-4-16(2)5-9-18;1-2-14-3-5-15(6-4-14)16-7-9-17(10-8-16)18-11-12-19(21)20(22)13-18;;;;/h3-5,8-9,17,19-21H,1,6-7,10-15H2,2H3;2,11-17H,1,3-10H2;4*1H. The summed E-state index contributed by atoms with van der Waals surface area (Å²) < 4.78 is 26.4. The van der Waals surface area contributed by atoms with E-state index < -0.39 is 11.6 Å². The first kappa shape index (κ1) is 32.2. The lowest BCUT2D eigenvalue weighted by Gasteiger charge is -2.37. The summed E-state index contributed by atoms with van der Waals surface area (Å²) in [6, 6.07) is 13.7. The summed E-state index contributed by atoms with van der Waals surface area (Å²) in [5, 5.41) is 0. The van der Waals surface area contributed by atoms with Gasteiger partial charge in [0.05, 0.1) is 0 Å². The van der Waals surface area contributed by atoms with E-state index in [-0.39, 0.29) is 5.71 Å². The zero-order chi connectivity index (χ0) is 30.2. The molecule has 4 saturated carbocycles. The normalized spacial score (nSPS) is 33.1. The second-order valence-corrected chi connectivity index (χ2v) is 14.6. The van der Waals surface area contributed by atoms with Gasteiger partial charge in [-0.2, -0.15) is 0 Å². The molecule has 4 fully saturated rings. The first-order valence-corrected chi connectivity index (χ1v) is 17.7. The van der Waals surface area contributed by atoms with Gasteiger partial charge in [0.1, 0.15) is 0 Å². The second kappa shape index (κ2) is 15.7. The van der Waals surface area contributed by atoms with Crippen molar-refractivity contribution in [2.45, 2.75) is 121 Å². The molecule has 2 heteroatoms. The number of hydrogen-bond donors (Lipinski definition) is 0. The Bertz CT molecular complexity index is 1150. The molecule has 0 saturated heterocycles. The van der Waals surface area contributed by atoms with Crippen LogP contribution < -0.4 is 0 Å². The lowest BCUT2D eigenvalue weighted by Crippen LogP contribution is -2.25. The summed E-state index contributed by atoms with van der Waals surface area (Å²) in [7, 11) is 0. The van der Waals surface area contributed by atoms with E-state index >= 15 is 0 Å². The van der Waals surface area contributed by atoms with Crippen molar-refractivity contribution in [3.8, 4) is 0 Å². The maximum atomic E-state index is 13.4. The first-order valence-electron chi connectivity index (χ1n) is 17.7. The van der Waals surface area contributed by atoms with E-state index in [1.54, 1.807) is 11.6 Å². The van der Waals surface area contributed by atoms with E-state index in [1.165, 1.54) is 108 Å². The molecule has 6 rings (SSSR count). The molecule has 0 amide bonds. The molecule has 0 aromatic heterocycles. The van der Waals surface area contributed by atoms with Crippen molar-refractivity contribution in [3.05, 3.63) is 96.1 Å². The minimum Gasteiger partial charge on any atom is -0.204 e. The Morgan fingerprint density at radius 1 is 0.512 bits per heavy atom. The highest BCUT2D eigenvalue weighted by atomic mass is 19.2. The zero-order valence-corrected chi connectivity index (χ0v) is 26.8. The summed E-state index contributed by atoms with van der Waals surface area (Å²) in [5.74, 6) is 5.08. The van der Waals surface area contributed by atoms with Crippen LogP contribution in [0.15, 0.2) is 67.8 Å². The topological polar surface area (TPSA) is 0 Å². The molecule has 0 N–H and O–H groups in total. The van der Waals surface area contributed by atoms with Crippen LogP contribution in [0, 0.1) is 54.1 Å². The van der Waals surface area contributed by atoms with E-state index in [9.17, 15) is 8.78 Å². The SMILES string of the molecule is C=CC1CCC(C2CCC(c3ccc(C)cc3)CC2)CC1.C=CC1CCC(C2CCC(c3ccc(F)c(F)c3)CC2)CC1.[HH].[HH].[HH].[HH]. The zero-order valence-electron chi connectivity index (χ0n) is 26.8. The summed E-state index contributed by atoms with van der Waals surface area (Å²) in [6.45, 7) is 10.1. The Morgan fingerprint density at radius 2 is 0.884 bits per heavy atom. The molecule has 242 valence electrons. The van der Waals surface area contributed by atoms with Gasteiger partial charge in [-0.1, -0.05) is 48.0 Å². The number of aryl methyl sites for hydroxylation is 1. The maximum absolute atomic E-state index is 13.4. The van der Waals surface area contributed by atoms with Gasteiger partial charge in [-0.15, -0.1) is 13.2 Å². The van der Waals surface area contributed by atoms with Crippen molar-refractivity contribution in [2.24, 2.45) is 35.5 Å². The maximum Gasteiger partial charge on any atom is 0.159 e. The van der Waals surface area contributed by atoms with Crippen LogP contribution in [-0.4, -0.2) is 0 Å². The van der Waals surface area contributed by atoms with Crippen LogP contribution in [0.4, 0.5) is 8.78 Å². The third-order valence-corrected chi connectivity index (χ3v) is 12.1. The molecule has 0 aliphatic heterocycles. The molecule has 43 heavy (non-hydrogen) atoms. The predicted molar refractivity (Wildman–Crippen MR) is 187 cm³/mol. The van der Waals surface area contributed by atoms with Gasteiger partial charge in [-0.05, 0) is 180 Å². The molecule has 0 spiro atoms. The number of hydrogen-bond acceptors (Lipinski definition) is 0. The molecule has 0 unspecified atom stereocenters. The average Bonchev–Trinajstić information content (AvgIpc) is 3.07. The second-order valence-electron chi connectivity index (χ2n) is 14.6. The Morgan fingerprint density at radius 3 is 1.28 bits per heavy atom. The van der Waals surface area contributed by atoms with Crippen LogP contribution in [0.2, 0.25) is 0 Å². The highest BCUT2D eigenvalue weighted by Crippen LogP contribution is 2.45. The monoisotopic (exact) mass is 594 g/mol. The molecule has 0 heterocycles. The Labute approximate surface area is 267 Å². The Hall–Kier alpha value is -2.22. The molecule has 0 atom stereocenters. The molecule has 4 aliphatic rings. The van der Waals surface area contributed by atoms with E-state index in [4.69, 9.17) is 0 Å². The van der Waals surface area contributed by atoms with Crippen LogP contribution in [0.3, 0.4) is 0 Å². The quantitative estimate of drug-likeness (QED) is 0.292. The fraction of sp³-hybridized carbons (Fsp3) is 0.610. The third-order valence-electron chi connectivity index (χ3n) is 12.1. The minimum atomic E-state index is -0.739. The number of allylic oxidation sites excluding steroid dienone is 2. The van der Waals surface area contributed by atoms with E-state index in [2.05, 4.69) is 56.5 Å². The summed E-state index contributed by atoms with van der Waals surface area (Å²) in [4.78, 5) is 0. The molecule has 0 bridgehead atoms. The van der Waals surface area contributed by atoms with Gasteiger partial charge < -0.3 is 0 Å². The molecule has 4 aliphatic carbocycles. The van der Waals surface area contributed by atoms with Crippen molar-refractivity contribution in [1.82, 2.24) is 0 Å². The van der Waals surface area contributed by atoms with Crippen molar-refractivity contribution >= 4 is 0 Å². The summed E-state index contributed by atoms with van der Waals surface area (Å²) in [6.07, 6.45) is 25.8. The van der Waals surface area contributed by atoms with Crippen molar-refractivity contribution in [3.63, 3.8) is 0 Å². The van der Waals surface area contributed by atoms with Gasteiger partial charge in [0.2, 0.25) is 0 Å². The van der Waals surface area contributed by atoms with E-state index in [1.807, 2.05) is 0 Å².